The van der Waals surface area contributed by atoms with Gasteiger partial charge in [0, 0.05) is 31.9 Å². The molecule has 1 saturated heterocycles. The van der Waals surface area contributed by atoms with Crippen molar-refractivity contribution in [3.8, 4) is 5.75 Å². The van der Waals surface area contributed by atoms with Gasteiger partial charge in [-0.3, -0.25) is 4.79 Å². The maximum atomic E-state index is 12.5. The second-order valence-electron chi connectivity index (χ2n) is 6.19. The first kappa shape index (κ1) is 17.1. The molecular formula is C20H25N3O2. The molecule has 2 aromatic carbocycles. The summed E-state index contributed by atoms with van der Waals surface area (Å²) in [5.74, 6) is 1.08. The highest BCUT2D eigenvalue weighted by Crippen LogP contribution is 2.28. The van der Waals surface area contributed by atoms with E-state index in [9.17, 15) is 4.79 Å². The van der Waals surface area contributed by atoms with Crippen LogP contribution in [-0.2, 0) is 11.2 Å². The third-order valence-corrected chi connectivity index (χ3v) is 4.47. The van der Waals surface area contributed by atoms with Crippen molar-refractivity contribution in [3.63, 3.8) is 0 Å². The fourth-order valence-electron chi connectivity index (χ4n) is 3.11. The number of amides is 1. The van der Waals surface area contributed by atoms with E-state index >= 15 is 0 Å². The van der Waals surface area contributed by atoms with E-state index in [1.54, 1.807) is 0 Å². The van der Waals surface area contributed by atoms with Crippen molar-refractivity contribution in [2.45, 2.75) is 13.3 Å². The molecular weight excluding hydrogens is 314 g/mol. The van der Waals surface area contributed by atoms with Crippen LogP contribution in [0, 0.1) is 0 Å². The van der Waals surface area contributed by atoms with Gasteiger partial charge in [0.25, 0.3) is 0 Å². The Morgan fingerprint density at radius 1 is 1.04 bits per heavy atom. The van der Waals surface area contributed by atoms with Crippen LogP contribution in [0.15, 0.2) is 48.5 Å². The Balaban J connectivity index is 1.58. The number of rotatable bonds is 5. The SMILES string of the molecule is CCOc1ccccc1N1CCN(C(=O)Cc2ccc(N)cc2)CC1. The Kier molecular flexibility index (Phi) is 5.43. The molecule has 0 spiro atoms. The molecule has 0 aliphatic carbocycles. The number of hydrogen-bond acceptors (Lipinski definition) is 4. The fraction of sp³-hybridized carbons (Fsp3) is 0.350. The van der Waals surface area contributed by atoms with Gasteiger partial charge < -0.3 is 20.3 Å². The van der Waals surface area contributed by atoms with E-state index in [1.807, 2.05) is 54.3 Å². The number of carbonyl (C=O) groups excluding carboxylic acids is 1. The summed E-state index contributed by atoms with van der Waals surface area (Å²) in [5.41, 5.74) is 8.52. The third kappa shape index (κ3) is 4.24. The average Bonchev–Trinajstić information content (AvgIpc) is 2.64. The molecule has 2 N–H and O–H groups in total. The lowest BCUT2D eigenvalue weighted by Gasteiger charge is -2.36. The highest BCUT2D eigenvalue weighted by molar-refractivity contribution is 5.79. The van der Waals surface area contributed by atoms with Gasteiger partial charge in [0.15, 0.2) is 0 Å². The van der Waals surface area contributed by atoms with Crippen molar-refractivity contribution in [2.75, 3.05) is 43.4 Å². The van der Waals surface area contributed by atoms with Crippen molar-refractivity contribution in [1.29, 1.82) is 0 Å². The standard InChI is InChI=1S/C20H25N3O2/c1-2-25-19-6-4-3-5-18(19)22-11-13-23(14-12-22)20(24)15-16-7-9-17(21)10-8-16/h3-10H,2,11-15,21H2,1H3. The number of nitrogens with two attached hydrogens (primary N) is 1. The van der Waals surface area contributed by atoms with Gasteiger partial charge in [0.05, 0.1) is 18.7 Å². The topological polar surface area (TPSA) is 58.8 Å². The van der Waals surface area contributed by atoms with Gasteiger partial charge in [-0.15, -0.1) is 0 Å². The number of anilines is 2. The van der Waals surface area contributed by atoms with Crippen LogP contribution in [0.5, 0.6) is 5.75 Å². The molecule has 1 fully saturated rings. The van der Waals surface area contributed by atoms with E-state index in [4.69, 9.17) is 10.5 Å². The van der Waals surface area contributed by atoms with Crippen molar-refractivity contribution in [1.82, 2.24) is 4.90 Å². The van der Waals surface area contributed by atoms with Crippen molar-refractivity contribution >= 4 is 17.3 Å². The second-order valence-corrected chi connectivity index (χ2v) is 6.19. The van der Waals surface area contributed by atoms with Gasteiger partial charge in [0.2, 0.25) is 5.91 Å². The van der Waals surface area contributed by atoms with Gasteiger partial charge in [-0.1, -0.05) is 24.3 Å². The van der Waals surface area contributed by atoms with Gasteiger partial charge in [-0.05, 0) is 36.8 Å². The minimum Gasteiger partial charge on any atom is -0.492 e. The molecule has 0 unspecified atom stereocenters. The predicted molar refractivity (Wildman–Crippen MR) is 101 cm³/mol. The van der Waals surface area contributed by atoms with Crippen LogP contribution in [0.4, 0.5) is 11.4 Å². The maximum Gasteiger partial charge on any atom is 0.227 e. The lowest BCUT2D eigenvalue weighted by molar-refractivity contribution is -0.130. The highest BCUT2D eigenvalue weighted by Gasteiger charge is 2.22. The lowest BCUT2D eigenvalue weighted by Crippen LogP contribution is -2.49. The number of nitrogens with zero attached hydrogens (tertiary/aromatic N) is 2. The van der Waals surface area contributed by atoms with E-state index in [0.29, 0.717) is 13.0 Å². The van der Waals surface area contributed by atoms with E-state index in [0.717, 1.165) is 48.9 Å². The number of ether oxygens (including phenoxy) is 1. The number of para-hydroxylation sites is 2. The summed E-state index contributed by atoms with van der Waals surface area (Å²) in [4.78, 5) is 16.7. The third-order valence-electron chi connectivity index (χ3n) is 4.47. The smallest absolute Gasteiger partial charge is 0.227 e. The van der Waals surface area contributed by atoms with Crippen LogP contribution in [0.2, 0.25) is 0 Å². The minimum atomic E-state index is 0.169. The Hall–Kier alpha value is -2.69. The molecule has 1 heterocycles. The van der Waals surface area contributed by atoms with E-state index in [1.165, 1.54) is 0 Å². The molecule has 0 radical (unpaired) electrons. The van der Waals surface area contributed by atoms with Crippen LogP contribution in [0.3, 0.4) is 0 Å². The quantitative estimate of drug-likeness (QED) is 0.851. The minimum absolute atomic E-state index is 0.169. The summed E-state index contributed by atoms with van der Waals surface area (Å²) in [6, 6.07) is 15.6. The van der Waals surface area contributed by atoms with Crippen molar-refractivity contribution < 1.29 is 9.53 Å². The average molecular weight is 339 g/mol. The zero-order chi connectivity index (χ0) is 17.6. The molecule has 1 aliphatic rings. The van der Waals surface area contributed by atoms with Crippen LogP contribution in [-0.4, -0.2) is 43.6 Å². The van der Waals surface area contributed by atoms with E-state index in [2.05, 4.69) is 11.0 Å². The fourth-order valence-corrected chi connectivity index (χ4v) is 3.11. The lowest BCUT2D eigenvalue weighted by atomic mass is 10.1. The molecule has 5 nitrogen and oxygen atoms in total. The summed E-state index contributed by atoms with van der Waals surface area (Å²) >= 11 is 0. The van der Waals surface area contributed by atoms with Crippen LogP contribution in [0.25, 0.3) is 0 Å². The van der Waals surface area contributed by atoms with E-state index in [-0.39, 0.29) is 5.91 Å². The Labute approximate surface area is 149 Å². The Morgan fingerprint density at radius 2 is 1.72 bits per heavy atom. The molecule has 1 amide bonds. The molecule has 0 aromatic heterocycles. The van der Waals surface area contributed by atoms with Crippen LogP contribution in [0.1, 0.15) is 12.5 Å². The highest BCUT2D eigenvalue weighted by atomic mass is 16.5. The largest absolute Gasteiger partial charge is 0.492 e. The summed E-state index contributed by atoms with van der Waals surface area (Å²) in [6.07, 6.45) is 0.426. The molecule has 2 aromatic rings. The summed E-state index contributed by atoms with van der Waals surface area (Å²) in [5, 5.41) is 0. The molecule has 132 valence electrons. The monoisotopic (exact) mass is 339 g/mol. The molecule has 5 heteroatoms. The number of carbonyl (C=O) groups is 1. The zero-order valence-corrected chi connectivity index (χ0v) is 14.6. The Morgan fingerprint density at radius 3 is 2.40 bits per heavy atom. The van der Waals surface area contributed by atoms with Crippen LogP contribution < -0.4 is 15.4 Å². The second kappa shape index (κ2) is 7.92. The van der Waals surface area contributed by atoms with Gasteiger partial charge in [0.1, 0.15) is 5.75 Å². The number of benzene rings is 2. The molecule has 0 bridgehead atoms. The number of piperazine rings is 1. The maximum absolute atomic E-state index is 12.5. The molecule has 1 aliphatic heterocycles. The Bertz CT molecular complexity index is 707. The first-order chi connectivity index (χ1) is 12.2. The summed E-state index contributed by atoms with van der Waals surface area (Å²) in [6.45, 7) is 5.74. The van der Waals surface area contributed by atoms with Gasteiger partial charge >= 0.3 is 0 Å². The van der Waals surface area contributed by atoms with Crippen molar-refractivity contribution in [2.24, 2.45) is 0 Å². The van der Waals surface area contributed by atoms with E-state index < -0.39 is 0 Å². The molecule has 0 saturated carbocycles. The predicted octanol–water partition coefficient (Wildman–Crippen LogP) is 2.56. The number of hydrogen-bond donors (Lipinski definition) is 1. The van der Waals surface area contributed by atoms with Gasteiger partial charge in [-0.25, -0.2) is 0 Å². The first-order valence-corrected chi connectivity index (χ1v) is 8.76. The number of nitrogen functional groups attached to an aromatic ring is 1. The molecule has 3 rings (SSSR count). The van der Waals surface area contributed by atoms with Crippen molar-refractivity contribution in [3.05, 3.63) is 54.1 Å². The summed E-state index contributed by atoms with van der Waals surface area (Å²) < 4.78 is 5.72. The summed E-state index contributed by atoms with van der Waals surface area (Å²) in [7, 11) is 0. The molecule has 0 atom stereocenters. The van der Waals surface area contributed by atoms with Gasteiger partial charge in [-0.2, -0.15) is 0 Å². The normalized spacial score (nSPS) is 14.4. The zero-order valence-electron chi connectivity index (χ0n) is 14.6. The molecule has 25 heavy (non-hydrogen) atoms. The first-order valence-electron chi connectivity index (χ1n) is 8.76. The van der Waals surface area contributed by atoms with Crippen LogP contribution >= 0.6 is 0 Å².